The smallest absolute Gasteiger partial charge is 0.417 e. The Hall–Kier alpha value is -2.08. The molecule has 0 radical (unpaired) electrons. The number of hydrogen-bond acceptors (Lipinski definition) is 5. The van der Waals surface area contributed by atoms with Gasteiger partial charge in [-0.1, -0.05) is 0 Å². The number of nitrogens with zero attached hydrogens (tertiary/aromatic N) is 3. The third-order valence-electron chi connectivity index (χ3n) is 3.89. The van der Waals surface area contributed by atoms with Crippen molar-refractivity contribution < 1.29 is 34.8 Å². The van der Waals surface area contributed by atoms with Crippen molar-refractivity contribution in [3.8, 4) is 0 Å². The number of aromatic nitrogens is 2. The van der Waals surface area contributed by atoms with E-state index in [2.05, 4.69) is 14.6 Å². The Bertz CT molecular complexity index is 893. The third kappa shape index (κ3) is 3.70. The number of benzene rings is 1. The van der Waals surface area contributed by atoms with Gasteiger partial charge in [-0.15, -0.1) is 10.2 Å². The maximum atomic E-state index is 13.3. The minimum atomic E-state index is -4.80. The highest BCUT2D eigenvalue weighted by molar-refractivity contribution is 7.89. The molecule has 26 heavy (non-hydrogen) atoms. The Morgan fingerprint density at radius 2 is 1.77 bits per heavy atom. The van der Waals surface area contributed by atoms with Gasteiger partial charge in [0.25, 0.3) is 0 Å². The zero-order chi connectivity index (χ0) is 19.1. The molecule has 1 atom stereocenters. The van der Waals surface area contributed by atoms with Crippen LogP contribution in [0.1, 0.15) is 30.5 Å². The molecule has 6 nitrogen and oxygen atoms in total. The summed E-state index contributed by atoms with van der Waals surface area (Å²) in [7, 11) is -4.23. The second-order valence-corrected chi connectivity index (χ2v) is 7.69. The Labute approximate surface area is 144 Å². The average molecular weight is 397 g/mol. The third-order valence-corrected chi connectivity index (χ3v) is 5.73. The van der Waals surface area contributed by atoms with Gasteiger partial charge in [-0.2, -0.15) is 17.5 Å². The van der Waals surface area contributed by atoms with E-state index in [4.69, 9.17) is 0 Å². The summed E-state index contributed by atoms with van der Waals surface area (Å²) in [4.78, 5) is -0.572. The van der Waals surface area contributed by atoms with Gasteiger partial charge in [0.05, 0.1) is 10.8 Å². The van der Waals surface area contributed by atoms with Crippen molar-refractivity contribution in [3.05, 3.63) is 41.6 Å². The molecule has 1 unspecified atom stereocenters. The van der Waals surface area contributed by atoms with Crippen molar-refractivity contribution in [3.63, 3.8) is 0 Å². The van der Waals surface area contributed by atoms with Crippen molar-refractivity contribution in [1.82, 2.24) is 14.5 Å². The molecule has 0 bridgehead atoms. The fourth-order valence-electron chi connectivity index (χ4n) is 2.70. The highest BCUT2D eigenvalue weighted by atomic mass is 32.2. The minimum absolute atomic E-state index is 0.0528. The van der Waals surface area contributed by atoms with Crippen molar-refractivity contribution in [2.75, 3.05) is 13.1 Å². The van der Waals surface area contributed by atoms with Crippen LogP contribution in [0, 0.1) is 11.6 Å². The minimum Gasteiger partial charge on any atom is -0.417 e. The highest BCUT2D eigenvalue weighted by Gasteiger charge is 2.40. The van der Waals surface area contributed by atoms with Crippen molar-refractivity contribution >= 4 is 10.0 Å². The number of sulfonamides is 1. The Kier molecular flexibility index (Phi) is 4.73. The first-order valence-electron chi connectivity index (χ1n) is 7.44. The van der Waals surface area contributed by atoms with Crippen LogP contribution in [0.2, 0.25) is 0 Å². The average Bonchev–Trinajstić information content (AvgIpc) is 3.04. The van der Waals surface area contributed by atoms with Crippen LogP contribution >= 0.6 is 0 Å². The van der Waals surface area contributed by atoms with Gasteiger partial charge >= 0.3 is 12.1 Å². The highest BCUT2D eigenvalue weighted by Crippen LogP contribution is 2.33. The summed E-state index contributed by atoms with van der Waals surface area (Å²) < 4.78 is 95.0. The Morgan fingerprint density at radius 3 is 2.35 bits per heavy atom. The topological polar surface area (TPSA) is 76.3 Å². The fraction of sp³-hybridized carbons (Fsp3) is 0.429. The van der Waals surface area contributed by atoms with Crippen LogP contribution in [0.25, 0.3) is 0 Å². The summed E-state index contributed by atoms with van der Waals surface area (Å²) in [6, 6.07) is 1.89. The fourth-order valence-corrected chi connectivity index (χ4v) is 4.27. The number of rotatable bonds is 3. The van der Waals surface area contributed by atoms with Gasteiger partial charge in [0.15, 0.2) is 0 Å². The van der Waals surface area contributed by atoms with E-state index >= 15 is 0 Å². The van der Waals surface area contributed by atoms with E-state index in [0.29, 0.717) is 31.0 Å². The number of alkyl halides is 3. The normalized spacial score (nSPS) is 19.7. The van der Waals surface area contributed by atoms with Gasteiger partial charge in [0, 0.05) is 19.2 Å². The van der Waals surface area contributed by atoms with Crippen molar-refractivity contribution in [1.29, 1.82) is 0 Å². The van der Waals surface area contributed by atoms with Gasteiger partial charge in [-0.3, -0.25) is 0 Å². The molecule has 1 aromatic carbocycles. The summed E-state index contributed by atoms with van der Waals surface area (Å²) in [5.74, 6) is -4.70. The molecule has 2 aromatic rings. The first-order valence-corrected chi connectivity index (χ1v) is 8.88. The predicted molar refractivity (Wildman–Crippen MR) is 76.4 cm³/mol. The summed E-state index contributed by atoms with van der Waals surface area (Å²) in [5.41, 5.74) is 0. The summed E-state index contributed by atoms with van der Waals surface area (Å²) in [6.45, 7) is -0.183. The first kappa shape index (κ1) is 18.7. The second-order valence-electron chi connectivity index (χ2n) is 5.75. The molecule has 0 saturated carbocycles. The lowest BCUT2D eigenvalue weighted by Crippen LogP contribution is -2.39. The van der Waals surface area contributed by atoms with Crippen LogP contribution in [-0.2, 0) is 16.2 Å². The van der Waals surface area contributed by atoms with E-state index in [-0.39, 0.29) is 19.0 Å². The zero-order valence-electron chi connectivity index (χ0n) is 13.0. The summed E-state index contributed by atoms with van der Waals surface area (Å²) in [6.07, 6.45) is -4.15. The molecule has 12 heteroatoms. The van der Waals surface area contributed by atoms with Crippen LogP contribution in [0.5, 0.6) is 0 Å². The van der Waals surface area contributed by atoms with E-state index < -0.39 is 44.5 Å². The van der Waals surface area contributed by atoms with Gasteiger partial charge in [0.1, 0.15) is 11.6 Å². The maximum absolute atomic E-state index is 13.3. The molecule has 1 aliphatic rings. The van der Waals surface area contributed by atoms with E-state index in [1.54, 1.807) is 0 Å². The second kappa shape index (κ2) is 6.58. The van der Waals surface area contributed by atoms with Crippen LogP contribution in [0.4, 0.5) is 22.0 Å². The standard InChI is InChI=1S/C14H12F5N3O3S/c15-9-4-10(16)6-11(5-9)26(23,24)22-3-1-2-8(7-22)12-20-21-13(25-12)14(17,18)19/h4-6,8H,1-3,7H2. The number of hydrogen-bond donors (Lipinski definition) is 0. The largest absolute Gasteiger partial charge is 0.470 e. The molecule has 1 fully saturated rings. The van der Waals surface area contributed by atoms with Gasteiger partial charge in [-0.25, -0.2) is 17.2 Å². The van der Waals surface area contributed by atoms with E-state index in [9.17, 15) is 30.4 Å². The van der Waals surface area contributed by atoms with E-state index in [0.717, 1.165) is 4.31 Å². The lowest BCUT2D eigenvalue weighted by atomic mass is 10.00. The lowest BCUT2D eigenvalue weighted by Gasteiger charge is -2.30. The van der Waals surface area contributed by atoms with Crippen LogP contribution in [-0.4, -0.2) is 36.0 Å². The molecule has 1 aliphatic heterocycles. The molecular weight excluding hydrogens is 385 g/mol. The lowest BCUT2D eigenvalue weighted by molar-refractivity contribution is -0.157. The van der Waals surface area contributed by atoms with Crippen LogP contribution in [0.3, 0.4) is 0 Å². The SMILES string of the molecule is O=S(=O)(c1cc(F)cc(F)c1)N1CCCC(c2nnc(C(F)(F)F)o2)C1. The quantitative estimate of drug-likeness (QED) is 0.745. The summed E-state index contributed by atoms with van der Waals surface area (Å²) in [5, 5.41) is 6.27. The Balaban J connectivity index is 1.85. The summed E-state index contributed by atoms with van der Waals surface area (Å²) >= 11 is 0. The molecule has 0 aliphatic carbocycles. The molecule has 0 N–H and O–H groups in total. The van der Waals surface area contributed by atoms with E-state index in [1.807, 2.05) is 0 Å². The van der Waals surface area contributed by atoms with Gasteiger partial charge < -0.3 is 4.42 Å². The zero-order valence-corrected chi connectivity index (χ0v) is 13.8. The van der Waals surface area contributed by atoms with Gasteiger partial charge in [-0.05, 0) is 25.0 Å². The number of piperidine rings is 1. The molecular formula is C14H12F5N3O3S. The molecule has 0 amide bonds. The molecule has 1 aromatic heterocycles. The Morgan fingerprint density at radius 1 is 1.12 bits per heavy atom. The molecule has 142 valence electrons. The predicted octanol–water partition coefficient (Wildman–Crippen LogP) is 2.93. The van der Waals surface area contributed by atoms with Crippen LogP contribution in [0.15, 0.2) is 27.5 Å². The van der Waals surface area contributed by atoms with Crippen molar-refractivity contribution in [2.45, 2.75) is 29.8 Å². The monoisotopic (exact) mass is 397 g/mol. The molecule has 0 spiro atoms. The molecule has 2 heterocycles. The molecule has 3 rings (SSSR count). The maximum Gasteiger partial charge on any atom is 0.470 e. The number of halogens is 5. The van der Waals surface area contributed by atoms with Crippen LogP contribution < -0.4 is 0 Å². The van der Waals surface area contributed by atoms with E-state index in [1.165, 1.54) is 0 Å². The first-order chi connectivity index (χ1) is 12.1. The van der Waals surface area contributed by atoms with Crippen molar-refractivity contribution in [2.24, 2.45) is 0 Å². The molecule has 1 saturated heterocycles. The van der Waals surface area contributed by atoms with Gasteiger partial charge in [0.2, 0.25) is 15.9 Å².